The molecule has 7 heteroatoms. The molecule has 3 rings (SSSR count). The van der Waals surface area contributed by atoms with Crippen LogP contribution in [0.4, 0.5) is 0 Å². The summed E-state index contributed by atoms with van der Waals surface area (Å²) in [6, 6.07) is 14.9. The number of likely N-dealkylation sites (N-methyl/N-ethyl adjacent to an activating group) is 2. The smallest absolute Gasteiger partial charge is 0.251 e. The van der Waals surface area contributed by atoms with Crippen LogP contribution in [0.15, 0.2) is 54.7 Å². The number of nitrogens with zero attached hydrogens (tertiary/aromatic N) is 2. The largest absolute Gasteiger partial charge is 0.457 e. The van der Waals surface area contributed by atoms with Crippen molar-refractivity contribution in [3.8, 4) is 22.8 Å². The highest BCUT2D eigenvalue weighted by Gasteiger charge is 2.11. The molecule has 0 saturated heterocycles. The zero-order valence-electron chi connectivity index (χ0n) is 17.0. The molecule has 0 aliphatic heterocycles. The number of hydrogen-bond acceptors (Lipinski definition) is 5. The fourth-order valence-electron chi connectivity index (χ4n) is 3.02. The van der Waals surface area contributed by atoms with Gasteiger partial charge >= 0.3 is 0 Å². The van der Waals surface area contributed by atoms with Crippen molar-refractivity contribution in [1.82, 2.24) is 25.7 Å². The van der Waals surface area contributed by atoms with Crippen molar-refractivity contribution in [3.05, 3.63) is 65.9 Å². The van der Waals surface area contributed by atoms with Crippen LogP contribution in [0, 0.1) is 0 Å². The Morgan fingerprint density at radius 2 is 1.93 bits per heavy atom. The van der Waals surface area contributed by atoms with Crippen molar-refractivity contribution >= 4 is 5.91 Å². The number of amides is 1. The number of H-pyrrole nitrogens is 1. The van der Waals surface area contributed by atoms with E-state index in [9.17, 15) is 4.79 Å². The number of carbonyl (C=O) groups is 1. The summed E-state index contributed by atoms with van der Waals surface area (Å²) < 4.78 is 5.90. The molecular weight excluding hydrogens is 366 g/mol. The van der Waals surface area contributed by atoms with Gasteiger partial charge < -0.3 is 20.3 Å². The van der Waals surface area contributed by atoms with Crippen molar-refractivity contribution in [2.24, 2.45) is 0 Å². The number of hydrogen-bond donors (Lipinski definition) is 3. The number of nitrogens with one attached hydrogen (secondary N) is 3. The van der Waals surface area contributed by atoms with Gasteiger partial charge in [-0.15, -0.1) is 0 Å². The molecule has 0 aliphatic carbocycles. The van der Waals surface area contributed by atoms with E-state index in [1.54, 1.807) is 25.2 Å². The van der Waals surface area contributed by atoms with Crippen molar-refractivity contribution < 1.29 is 9.53 Å². The molecule has 3 aromatic rings. The van der Waals surface area contributed by atoms with E-state index in [1.807, 2.05) is 43.6 Å². The van der Waals surface area contributed by atoms with Crippen molar-refractivity contribution in [2.75, 3.05) is 34.2 Å². The molecule has 152 valence electrons. The van der Waals surface area contributed by atoms with Crippen LogP contribution in [-0.4, -0.2) is 55.2 Å². The SMILES string of the molecule is CNCCN(C)Cc1c[nH]nc1-c1ccc(Oc2cccc(C(=O)NC)c2)cc1. The molecule has 0 unspecified atom stereocenters. The Hall–Kier alpha value is -3.16. The second-order valence-corrected chi connectivity index (χ2v) is 6.83. The predicted molar refractivity (Wildman–Crippen MR) is 114 cm³/mol. The summed E-state index contributed by atoms with van der Waals surface area (Å²) >= 11 is 0. The number of ether oxygens (including phenoxy) is 1. The van der Waals surface area contributed by atoms with Crippen molar-refractivity contribution in [1.29, 1.82) is 0 Å². The van der Waals surface area contributed by atoms with Crippen LogP contribution in [0.3, 0.4) is 0 Å². The van der Waals surface area contributed by atoms with Crippen LogP contribution in [0.25, 0.3) is 11.3 Å². The highest BCUT2D eigenvalue weighted by molar-refractivity contribution is 5.94. The molecule has 1 aromatic heterocycles. The molecule has 0 aliphatic rings. The fraction of sp³-hybridized carbons (Fsp3) is 0.273. The summed E-state index contributed by atoms with van der Waals surface area (Å²) in [5.41, 5.74) is 3.67. The van der Waals surface area contributed by atoms with Crippen LogP contribution in [0.5, 0.6) is 11.5 Å². The molecule has 2 aromatic carbocycles. The van der Waals surface area contributed by atoms with Gasteiger partial charge in [0.15, 0.2) is 0 Å². The van der Waals surface area contributed by atoms with Crippen molar-refractivity contribution in [3.63, 3.8) is 0 Å². The zero-order valence-corrected chi connectivity index (χ0v) is 17.0. The lowest BCUT2D eigenvalue weighted by atomic mass is 10.1. The first-order valence-electron chi connectivity index (χ1n) is 9.57. The predicted octanol–water partition coefficient (Wildman–Crippen LogP) is 2.88. The Morgan fingerprint density at radius 3 is 2.66 bits per heavy atom. The number of rotatable bonds is 9. The summed E-state index contributed by atoms with van der Waals surface area (Å²) in [7, 11) is 5.66. The Kier molecular flexibility index (Phi) is 6.99. The monoisotopic (exact) mass is 393 g/mol. The molecule has 1 heterocycles. The van der Waals surface area contributed by atoms with Gasteiger partial charge in [-0.25, -0.2) is 0 Å². The van der Waals surface area contributed by atoms with Gasteiger partial charge in [0.05, 0.1) is 5.69 Å². The molecule has 1 amide bonds. The maximum absolute atomic E-state index is 11.8. The molecule has 0 spiro atoms. The molecular formula is C22H27N5O2. The first-order chi connectivity index (χ1) is 14.1. The van der Waals surface area contributed by atoms with E-state index in [4.69, 9.17) is 4.74 Å². The molecule has 0 bridgehead atoms. The topological polar surface area (TPSA) is 82.3 Å². The van der Waals surface area contributed by atoms with E-state index < -0.39 is 0 Å². The highest BCUT2D eigenvalue weighted by atomic mass is 16.5. The summed E-state index contributed by atoms with van der Waals surface area (Å²) in [6.07, 6.45) is 1.94. The second-order valence-electron chi connectivity index (χ2n) is 6.83. The van der Waals surface area contributed by atoms with Gasteiger partial charge in [0.2, 0.25) is 0 Å². The second kappa shape index (κ2) is 9.86. The summed E-state index contributed by atoms with van der Waals surface area (Å²) in [5, 5.41) is 13.2. The lowest BCUT2D eigenvalue weighted by molar-refractivity contribution is 0.0963. The summed E-state index contributed by atoms with van der Waals surface area (Å²) in [6.45, 7) is 2.72. The van der Waals surface area contributed by atoms with E-state index >= 15 is 0 Å². The van der Waals surface area contributed by atoms with E-state index in [2.05, 4.69) is 32.8 Å². The minimum absolute atomic E-state index is 0.142. The third-order valence-corrected chi connectivity index (χ3v) is 4.59. The molecule has 0 fully saturated rings. The Balaban J connectivity index is 1.70. The number of aromatic nitrogens is 2. The Bertz CT molecular complexity index is 936. The van der Waals surface area contributed by atoms with Gasteiger partial charge in [-0.1, -0.05) is 6.07 Å². The van der Waals surface area contributed by atoms with Crippen LogP contribution < -0.4 is 15.4 Å². The number of benzene rings is 2. The molecule has 0 atom stereocenters. The van der Waals surface area contributed by atoms with Gasteiger partial charge in [0, 0.05) is 49.6 Å². The third-order valence-electron chi connectivity index (χ3n) is 4.59. The summed E-state index contributed by atoms with van der Waals surface area (Å²) in [4.78, 5) is 14.0. The van der Waals surface area contributed by atoms with Crippen LogP contribution in [-0.2, 0) is 6.54 Å². The van der Waals surface area contributed by atoms with Gasteiger partial charge in [0.25, 0.3) is 5.91 Å². The van der Waals surface area contributed by atoms with Crippen LogP contribution >= 0.6 is 0 Å². The minimum Gasteiger partial charge on any atom is -0.457 e. The average Bonchev–Trinajstić information content (AvgIpc) is 3.20. The Morgan fingerprint density at radius 1 is 1.14 bits per heavy atom. The van der Waals surface area contributed by atoms with E-state index in [1.165, 1.54) is 0 Å². The first-order valence-corrected chi connectivity index (χ1v) is 9.57. The molecule has 0 radical (unpaired) electrons. The molecule has 0 saturated carbocycles. The third kappa shape index (κ3) is 5.43. The average molecular weight is 393 g/mol. The highest BCUT2D eigenvalue weighted by Crippen LogP contribution is 2.27. The van der Waals surface area contributed by atoms with E-state index in [0.29, 0.717) is 17.1 Å². The maximum atomic E-state index is 11.8. The quantitative estimate of drug-likeness (QED) is 0.521. The first kappa shape index (κ1) is 20.6. The molecule has 29 heavy (non-hydrogen) atoms. The lowest BCUT2D eigenvalue weighted by Gasteiger charge is -2.16. The normalized spacial score (nSPS) is 10.9. The summed E-state index contributed by atoms with van der Waals surface area (Å²) in [5.74, 6) is 1.17. The minimum atomic E-state index is -0.142. The van der Waals surface area contributed by atoms with Crippen LogP contribution in [0.1, 0.15) is 15.9 Å². The zero-order chi connectivity index (χ0) is 20.6. The Labute approximate surface area is 171 Å². The number of aromatic amines is 1. The number of carbonyl (C=O) groups excluding carboxylic acids is 1. The molecule has 3 N–H and O–H groups in total. The standard InChI is InChI=1S/C22H27N5O2/c1-23-11-12-27(3)15-18-14-25-26-21(18)16-7-9-19(10-8-16)29-20-6-4-5-17(13-20)22(28)24-2/h4-10,13-14,23H,11-12,15H2,1-3H3,(H,24,28)(H,25,26). The van der Waals surface area contributed by atoms with Gasteiger partial charge in [-0.2, -0.15) is 5.10 Å². The van der Waals surface area contributed by atoms with E-state index in [0.717, 1.165) is 36.5 Å². The fourth-order valence-corrected chi connectivity index (χ4v) is 3.02. The van der Waals surface area contributed by atoms with Gasteiger partial charge in [-0.3, -0.25) is 9.89 Å². The molecule has 7 nitrogen and oxygen atoms in total. The van der Waals surface area contributed by atoms with Crippen molar-refractivity contribution in [2.45, 2.75) is 6.54 Å². The van der Waals surface area contributed by atoms with Gasteiger partial charge in [0.1, 0.15) is 11.5 Å². The van der Waals surface area contributed by atoms with Gasteiger partial charge in [-0.05, 0) is 56.6 Å². The lowest BCUT2D eigenvalue weighted by Crippen LogP contribution is -2.26. The van der Waals surface area contributed by atoms with Crippen LogP contribution in [0.2, 0.25) is 0 Å². The maximum Gasteiger partial charge on any atom is 0.251 e. The van der Waals surface area contributed by atoms with E-state index in [-0.39, 0.29) is 5.91 Å².